The third-order valence-corrected chi connectivity index (χ3v) is 3.85. The van der Waals surface area contributed by atoms with Gasteiger partial charge in [-0.2, -0.15) is 0 Å². The van der Waals surface area contributed by atoms with Crippen molar-refractivity contribution in [3.63, 3.8) is 0 Å². The minimum absolute atomic E-state index is 0.0680. The van der Waals surface area contributed by atoms with Crippen molar-refractivity contribution >= 4 is 0 Å². The molecular weight excluding hydrogens is 272 g/mol. The Morgan fingerprint density at radius 1 is 0.955 bits per heavy atom. The van der Waals surface area contributed by atoms with Gasteiger partial charge in [0.1, 0.15) is 12.4 Å². The molecule has 2 aromatic rings. The van der Waals surface area contributed by atoms with E-state index in [1.54, 1.807) is 0 Å². The highest BCUT2D eigenvalue weighted by atomic mass is 16.5. The summed E-state index contributed by atoms with van der Waals surface area (Å²) in [6.45, 7) is 6.78. The van der Waals surface area contributed by atoms with Crippen LogP contribution in [0.3, 0.4) is 0 Å². The van der Waals surface area contributed by atoms with E-state index in [1.165, 1.54) is 5.56 Å². The van der Waals surface area contributed by atoms with Crippen molar-refractivity contribution in [1.29, 1.82) is 0 Å². The van der Waals surface area contributed by atoms with Crippen molar-refractivity contribution in [3.05, 3.63) is 65.7 Å². The van der Waals surface area contributed by atoms with Crippen LogP contribution >= 0.6 is 0 Å². The van der Waals surface area contributed by atoms with E-state index in [4.69, 9.17) is 4.74 Å². The first kappa shape index (κ1) is 16.6. The quantitative estimate of drug-likeness (QED) is 0.844. The molecule has 118 valence electrons. The van der Waals surface area contributed by atoms with Crippen LogP contribution in [0.5, 0.6) is 5.75 Å². The SMILES string of the molecule is CC(C)(C)C(O)CCc1cccc(OCc2ccccc2)c1. The second-order valence-corrected chi connectivity index (χ2v) is 6.84. The lowest BCUT2D eigenvalue weighted by atomic mass is 9.86. The summed E-state index contributed by atoms with van der Waals surface area (Å²) in [5, 5.41) is 10.1. The fourth-order valence-corrected chi connectivity index (χ4v) is 2.27. The lowest BCUT2D eigenvalue weighted by Gasteiger charge is -2.25. The summed E-state index contributed by atoms with van der Waals surface area (Å²) in [7, 11) is 0. The van der Waals surface area contributed by atoms with Gasteiger partial charge in [0.05, 0.1) is 6.10 Å². The number of aryl methyl sites for hydroxylation is 1. The predicted molar refractivity (Wildman–Crippen MR) is 91.0 cm³/mol. The number of aliphatic hydroxyl groups excluding tert-OH is 1. The van der Waals surface area contributed by atoms with Crippen LogP contribution in [-0.2, 0) is 13.0 Å². The van der Waals surface area contributed by atoms with Crippen molar-refractivity contribution in [2.75, 3.05) is 0 Å². The van der Waals surface area contributed by atoms with E-state index in [2.05, 4.69) is 45.0 Å². The fraction of sp³-hybridized carbons (Fsp3) is 0.400. The Labute approximate surface area is 133 Å². The molecule has 0 fully saturated rings. The van der Waals surface area contributed by atoms with E-state index in [0.717, 1.165) is 24.2 Å². The van der Waals surface area contributed by atoms with Crippen molar-refractivity contribution in [3.8, 4) is 5.75 Å². The molecule has 0 radical (unpaired) electrons. The van der Waals surface area contributed by atoms with Gasteiger partial charge in [-0.15, -0.1) is 0 Å². The Morgan fingerprint density at radius 2 is 1.64 bits per heavy atom. The first-order chi connectivity index (χ1) is 10.4. The topological polar surface area (TPSA) is 29.5 Å². The first-order valence-electron chi connectivity index (χ1n) is 7.89. The Hall–Kier alpha value is -1.80. The van der Waals surface area contributed by atoms with Gasteiger partial charge in [-0.3, -0.25) is 0 Å². The standard InChI is InChI=1S/C20H26O2/c1-20(2,3)19(21)13-12-16-10-7-11-18(14-16)22-15-17-8-5-4-6-9-17/h4-11,14,19,21H,12-13,15H2,1-3H3. The zero-order chi connectivity index (χ0) is 16.0. The van der Waals surface area contributed by atoms with Crippen LogP contribution in [-0.4, -0.2) is 11.2 Å². The molecule has 0 saturated carbocycles. The van der Waals surface area contributed by atoms with Crippen molar-refractivity contribution < 1.29 is 9.84 Å². The molecule has 0 saturated heterocycles. The number of hydrogen-bond acceptors (Lipinski definition) is 2. The molecule has 22 heavy (non-hydrogen) atoms. The maximum Gasteiger partial charge on any atom is 0.120 e. The summed E-state index contributed by atoms with van der Waals surface area (Å²) in [6.07, 6.45) is 1.34. The van der Waals surface area contributed by atoms with Crippen LogP contribution < -0.4 is 4.74 Å². The Morgan fingerprint density at radius 3 is 2.32 bits per heavy atom. The molecule has 0 bridgehead atoms. The predicted octanol–water partition coefficient (Wildman–Crippen LogP) is 4.61. The average molecular weight is 298 g/mol. The summed E-state index contributed by atoms with van der Waals surface area (Å²) in [5.74, 6) is 0.881. The molecule has 2 aromatic carbocycles. The number of ether oxygens (including phenoxy) is 1. The maximum absolute atomic E-state index is 10.1. The van der Waals surface area contributed by atoms with Crippen molar-refractivity contribution in [1.82, 2.24) is 0 Å². The maximum atomic E-state index is 10.1. The molecule has 0 aliphatic heterocycles. The highest BCUT2D eigenvalue weighted by molar-refractivity contribution is 5.29. The molecule has 0 aromatic heterocycles. The molecule has 2 nitrogen and oxygen atoms in total. The molecule has 2 rings (SSSR count). The van der Waals surface area contributed by atoms with Gasteiger partial charge >= 0.3 is 0 Å². The van der Waals surface area contributed by atoms with Gasteiger partial charge in [0, 0.05) is 0 Å². The molecule has 0 aliphatic carbocycles. The van der Waals surface area contributed by atoms with E-state index < -0.39 is 0 Å². The monoisotopic (exact) mass is 298 g/mol. The molecule has 0 heterocycles. The molecule has 0 spiro atoms. The van der Waals surface area contributed by atoms with Crippen LogP contribution in [0.25, 0.3) is 0 Å². The number of rotatable bonds is 6. The second-order valence-electron chi connectivity index (χ2n) is 6.84. The molecular formula is C20H26O2. The lowest BCUT2D eigenvalue weighted by Crippen LogP contribution is -2.26. The fourth-order valence-electron chi connectivity index (χ4n) is 2.27. The van der Waals surface area contributed by atoms with Gasteiger partial charge in [-0.05, 0) is 41.5 Å². The van der Waals surface area contributed by atoms with Gasteiger partial charge in [0.2, 0.25) is 0 Å². The van der Waals surface area contributed by atoms with Gasteiger partial charge < -0.3 is 9.84 Å². The van der Waals surface area contributed by atoms with Gasteiger partial charge in [-0.25, -0.2) is 0 Å². The van der Waals surface area contributed by atoms with Crippen molar-refractivity contribution in [2.24, 2.45) is 5.41 Å². The van der Waals surface area contributed by atoms with Gasteiger partial charge in [0.15, 0.2) is 0 Å². The van der Waals surface area contributed by atoms with E-state index >= 15 is 0 Å². The highest BCUT2D eigenvalue weighted by Crippen LogP contribution is 2.24. The molecule has 1 unspecified atom stereocenters. The third kappa shape index (κ3) is 5.19. The number of hydrogen-bond donors (Lipinski definition) is 1. The highest BCUT2D eigenvalue weighted by Gasteiger charge is 2.21. The van der Waals surface area contributed by atoms with E-state index in [0.29, 0.717) is 6.61 Å². The van der Waals surface area contributed by atoms with Crippen LogP contribution in [0.2, 0.25) is 0 Å². The zero-order valence-corrected chi connectivity index (χ0v) is 13.8. The van der Waals surface area contributed by atoms with Gasteiger partial charge in [0.25, 0.3) is 0 Å². The first-order valence-corrected chi connectivity index (χ1v) is 7.89. The van der Waals surface area contributed by atoms with Crippen LogP contribution in [0.4, 0.5) is 0 Å². The van der Waals surface area contributed by atoms with Gasteiger partial charge in [-0.1, -0.05) is 63.2 Å². The van der Waals surface area contributed by atoms with E-state index in [9.17, 15) is 5.11 Å². The van der Waals surface area contributed by atoms with Crippen molar-refractivity contribution in [2.45, 2.75) is 46.3 Å². The Kier molecular flexibility index (Phi) is 5.62. The minimum Gasteiger partial charge on any atom is -0.489 e. The zero-order valence-electron chi connectivity index (χ0n) is 13.8. The van der Waals surface area contributed by atoms with Crippen LogP contribution in [0.15, 0.2) is 54.6 Å². The Balaban J connectivity index is 1.90. The van der Waals surface area contributed by atoms with E-state index in [1.807, 2.05) is 30.3 Å². The average Bonchev–Trinajstić information content (AvgIpc) is 2.51. The van der Waals surface area contributed by atoms with E-state index in [-0.39, 0.29) is 11.5 Å². The normalized spacial score (nSPS) is 12.9. The summed E-state index contributed by atoms with van der Waals surface area (Å²) in [5.41, 5.74) is 2.30. The lowest BCUT2D eigenvalue weighted by molar-refractivity contribution is 0.0560. The summed E-state index contributed by atoms with van der Waals surface area (Å²) >= 11 is 0. The van der Waals surface area contributed by atoms with Crippen LogP contribution in [0, 0.1) is 5.41 Å². The molecule has 0 aliphatic rings. The minimum atomic E-state index is -0.290. The second kappa shape index (κ2) is 7.46. The number of aliphatic hydroxyl groups is 1. The molecule has 1 N–H and O–H groups in total. The number of benzene rings is 2. The molecule has 0 amide bonds. The third-order valence-electron chi connectivity index (χ3n) is 3.85. The summed E-state index contributed by atoms with van der Waals surface area (Å²) in [4.78, 5) is 0. The smallest absolute Gasteiger partial charge is 0.120 e. The van der Waals surface area contributed by atoms with Crippen LogP contribution in [0.1, 0.15) is 38.3 Å². The molecule has 2 heteroatoms. The molecule has 1 atom stereocenters. The largest absolute Gasteiger partial charge is 0.489 e. The Bertz CT molecular complexity index is 570. The summed E-state index contributed by atoms with van der Waals surface area (Å²) in [6, 6.07) is 18.3. The summed E-state index contributed by atoms with van der Waals surface area (Å²) < 4.78 is 5.84.